The molecule has 126 valence electrons. The second-order valence-corrected chi connectivity index (χ2v) is 5.63. The summed E-state index contributed by atoms with van der Waals surface area (Å²) in [5.74, 6) is -2.37. The minimum Gasteiger partial charge on any atom is -0.452 e. The molecule has 0 radical (unpaired) electrons. The van der Waals surface area contributed by atoms with Crippen LogP contribution in [0.25, 0.3) is 0 Å². The molecule has 0 spiro atoms. The summed E-state index contributed by atoms with van der Waals surface area (Å²) in [7, 11) is 0. The number of nitrogens with one attached hydrogen (secondary N) is 2. The molecule has 1 aromatic rings. The summed E-state index contributed by atoms with van der Waals surface area (Å²) in [4.78, 5) is 35.1. The molecule has 0 aromatic heterocycles. The van der Waals surface area contributed by atoms with Gasteiger partial charge in [-0.05, 0) is 47.5 Å². The number of esters is 1. The minimum absolute atomic E-state index is 0.0217. The first kappa shape index (κ1) is 19.1. The average Bonchev–Trinajstić information content (AvgIpc) is 2.52. The summed E-state index contributed by atoms with van der Waals surface area (Å²) in [6, 6.07) is 2.82. The van der Waals surface area contributed by atoms with Crippen molar-refractivity contribution in [3.8, 4) is 0 Å². The first-order valence-electron chi connectivity index (χ1n) is 7.04. The smallest absolute Gasteiger partial charge is 0.339 e. The van der Waals surface area contributed by atoms with Gasteiger partial charge < -0.3 is 15.4 Å². The quantitative estimate of drug-likeness (QED) is 0.697. The van der Waals surface area contributed by atoms with Gasteiger partial charge in [0.15, 0.2) is 6.61 Å². The first-order chi connectivity index (χ1) is 10.8. The van der Waals surface area contributed by atoms with E-state index in [0.717, 1.165) is 12.5 Å². The number of rotatable bonds is 7. The molecular formula is C15H18BrFN2O4. The Labute approximate surface area is 141 Å². The zero-order valence-corrected chi connectivity index (χ0v) is 14.4. The van der Waals surface area contributed by atoms with Crippen LogP contribution >= 0.6 is 15.9 Å². The summed E-state index contributed by atoms with van der Waals surface area (Å²) in [6.07, 6.45) is 0.784. The molecule has 1 aromatic carbocycles. The minimum atomic E-state index is -0.838. The summed E-state index contributed by atoms with van der Waals surface area (Å²) >= 11 is 3.10. The molecule has 0 saturated heterocycles. The van der Waals surface area contributed by atoms with Crippen LogP contribution in [0, 0.1) is 5.82 Å². The summed E-state index contributed by atoms with van der Waals surface area (Å²) in [6.45, 7) is 3.39. The molecule has 0 bridgehead atoms. The Morgan fingerprint density at radius 2 is 2.04 bits per heavy atom. The van der Waals surface area contributed by atoms with Gasteiger partial charge >= 0.3 is 5.97 Å². The summed E-state index contributed by atoms with van der Waals surface area (Å²) in [5.41, 5.74) is -0.0217. The fraction of sp³-hybridized carbons (Fsp3) is 0.400. The lowest BCUT2D eigenvalue weighted by Crippen LogP contribution is -2.46. The Morgan fingerprint density at radius 3 is 2.70 bits per heavy atom. The van der Waals surface area contributed by atoms with Crippen LogP contribution in [0.4, 0.5) is 4.39 Å². The molecule has 0 aliphatic carbocycles. The van der Waals surface area contributed by atoms with Crippen molar-refractivity contribution >= 4 is 33.7 Å². The molecule has 2 N–H and O–H groups in total. The highest BCUT2D eigenvalue weighted by Crippen LogP contribution is 2.18. The van der Waals surface area contributed by atoms with Gasteiger partial charge in [0.2, 0.25) is 5.91 Å². The molecule has 1 rings (SSSR count). The largest absolute Gasteiger partial charge is 0.452 e. The molecule has 23 heavy (non-hydrogen) atoms. The number of carbonyl (C=O) groups is 3. The second-order valence-electron chi connectivity index (χ2n) is 4.78. The maximum Gasteiger partial charge on any atom is 0.339 e. The van der Waals surface area contributed by atoms with Crippen LogP contribution in [0.2, 0.25) is 0 Å². The third kappa shape index (κ3) is 6.35. The summed E-state index contributed by atoms with van der Waals surface area (Å²) < 4.78 is 18.3. The maximum absolute atomic E-state index is 13.1. The SMILES string of the molecule is CCCNC(=O)[C@@H](C)NC(=O)COC(=O)c1cc(F)ccc1Br. The monoisotopic (exact) mass is 388 g/mol. The van der Waals surface area contributed by atoms with Gasteiger partial charge in [0.05, 0.1) is 5.56 Å². The van der Waals surface area contributed by atoms with Crippen LogP contribution < -0.4 is 10.6 Å². The Hall–Kier alpha value is -1.96. The Balaban J connectivity index is 2.48. The van der Waals surface area contributed by atoms with Gasteiger partial charge in [-0.15, -0.1) is 0 Å². The lowest BCUT2D eigenvalue weighted by molar-refractivity contribution is -0.130. The van der Waals surface area contributed by atoms with Gasteiger partial charge in [0.25, 0.3) is 5.91 Å². The molecule has 1 atom stereocenters. The van der Waals surface area contributed by atoms with Crippen molar-refractivity contribution in [2.75, 3.05) is 13.2 Å². The molecule has 0 unspecified atom stereocenters. The van der Waals surface area contributed by atoms with Crippen LogP contribution in [0.5, 0.6) is 0 Å². The molecule has 6 nitrogen and oxygen atoms in total. The van der Waals surface area contributed by atoms with E-state index >= 15 is 0 Å². The average molecular weight is 389 g/mol. The fourth-order valence-electron chi connectivity index (χ4n) is 1.61. The molecule has 2 amide bonds. The van der Waals surface area contributed by atoms with E-state index in [0.29, 0.717) is 11.0 Å². The van der Waals surface area contributed by atoms with Crippen LogP contribution in [-0.4, -0.2) is 37.0 Å². The highest BCUT2D eigenvalue weighted by molar-refractivity contribution is 9.10. The molecule has 0 fully saturated rings. The Bertz CT molecular complexity index is 595. The third-order valence-corrected chi connectivity index (χ3v) is 3.49. The van der Waals surface area contributed by atoms with Crippen LogP contribution in [-0.2, 0) is 14.3 Å². The molecule has 0 aliphatic rings. The van der Waals surface area contributed by atoms with E-state index in [2.05, 4.69) is 26.6 Å². The normalized spacial score (nSPS) is 11.5. The van der Waals surface area contributed by atoms with E-state index in [1.54, 1.807) is 0 Å². The molecule has 8 heteroatoms. The van der Waals surface area contributed by atoms with E-state index in [4.69, 9.17) is 4.74 Å². The number of benzene rings is 1. The van der Waals surface area contributed by atoms with Crippen LogP contribution in [0.1, 0.15) is 30.6 Å². The number of hydrogen-bond donors (Lipinski definition) is 2. The van der Waals surface area contributed by atoms with Crippen LogP contribution in [0.3, 0.4) is 0 Å². The van der Waals surface area contributed by atoms with Crippen molar-refractivity contribution in [3.05, 3.63) is 34.1 Å². The predicted octanol–water partition coefficient (Wildman–Crippen LogP) is 1.78. The van der Waals surface area contributed by atoms with Crippen molar-refractivity contribution in [3.63, 3.8) is 0 Å². The molecule has 0 aliphatic heterocycles. The standard InChI is InChI=1S/C15H18BrFN2O4/c1-3-6-18-14(21)9(2)19-13(20)8-23-15(22)11-7-10(17)4-5-12(11)16/h4-5,7,9H,3,6,8H2,1-2H3,(H,18,21)(H,19,20)/t9-/m1/s1. The van der Waals surface area contributed by atoms with Gasteiger partial charge in [-0.25, -0.2) is 9.18 Å². The van der Waals surface area contributed by atoms with Crippen molar-refractivity contribution in [2.24, 2.45) is 0 Å². The van der Waals surface area contributed by atoms with E-state index in [1.165, 1.54) is 19.1 Å². The maximum atomic E-state index is 13.1. The third-order valence-electron chi connectivity index (χ3n) is 2.80. The van der Waals surface area contributed by atoms with Crippen molar-refractivity contribution in [2.45, 2.75) is 26.3 Å². The number of amides is 2. The summed E-state index contributed by atoms with van der Waals surface area (Å²) in [5, 5.41) is 5.04. The van der Waals surface area contributed by atoms with Gasteiger partial charge in [-0.1, -0.05) is 6.92 Å². The Morgan fingerprint density at radius 1 is 1.35 bits per heavy atom. The first-order valence-corrected chi connectivity index (χ1v) is 7.83. The van der Waals surface area contributed by atoms with E-state index in [-0.39, 0.29) is 11.5 Å². The topological polar surface area (TPSA) is 84.5 Å². The lowest BCUT2D eigenvalue weighted by atomic mass is 10.2. The van der Waals surface area contributed by atoms with Gasteiger partial charge in [0.1, 0.15) is 11.9 Å². The van der Waals surface area contributed by atoms with Crippen molar-refractivity contribution in [1.29, 1.82) is 0 Å². The number of carbonyl (C=O) groups excluding carboxylic acids is 3. The van der Waals surface area contributed by atoms with E-state index < -0.39 is 30.3 Å². The van der Waals surface area contributed by atoms with E-state index in [9.17, 15) is 18.8 Å². The molecular weight excluding hydrogens is 371 g/mol. The van der Waals surface area contributed by atoms with E-state index in [1.807, 2.05) is 6.92 Å². The number of ether oxygens (including phenoxy) is 1. The second kappa shape index (κ2) is 9.24. The highest BCUT2D eigenvalue weighted by atomic mass is 79.9. The van der Waals surface area contributed by atoms with Crippen LogP contribution in [0.15, 0.2) is 22.7 Å². The van der Waals surface area contributed by atoms with Crippen molar-refractivity contribution in [1.82, 2.24) is 10.6 Å². The zero-order valence-electron chi connectivity index (χ0n) is 12.8. The lowest BCUT2D eigenvalue weighted by Gasteiger charge is -2.14. The van der Waals surface area contributed by atoms with Gasteiger partial charge in [-0.2, -0.15) is 0 Å². The number of halogens is 2. The van der Waals surface area contributed by atoms with Gasteiger partial charge in [-0.3, -0.25) is 9.59 Å². The number of hydrogen-bond acceptors (Lipinski definition) is 4. The zero-order chi connectivity index (χ0) is 17.4. The molecule has 0 heterocycles. The fourth-order valence-corrected chi connectivity index (χ4v) is 2.02. The molecule has 0 saturated carbocycles. The Kier molecular flexibility index (Phi) is 7.67. The van der Waals surface area contributed by atoms with Crippen molar-refractivity contribution < 1.29 is 23.5 Å². The predicted molar refractivity (Wildman–Crippen MR) is 85.3 cm³/mol. The van der Waals surface area contributed by atoms with Gasteiger partial charge in [0, 0.05) is 11.0 Å². The highest BCUT2D eigenvalue weighted by Gasteiger charge is 2.18.